The molecule has 1 unspecified atom stereocenters. The molecule has 0 saturated heterocycles. The molecule has 1 amide bonds. The zero-order valence-corrected chi connectivity index (χ0v) is 22.6. The molecule has 0 fully saturated rings. The molecule has 4 nitrogen and oxygen atoms in total. The van der Waals surface area contributed by atoms with E-state index in [1.165, 1.54) is 71.1 Å². The van der Waals surface area contributed by atoms with Gasteiger partial charge in [0.1, 0.15) is 0 Å². The Hall–Kier alpha value is 0.576. The number of nitrogens with zero attached hydrogens (tertiary/aromatic N) is 1. The second kappa shape index (κ2) is 19.5. The van der Waals surface area contributed by atoms with Crippen LogP contribution < -0.4 is 56.5 Å². The van der Waals surface area contributed by atoms with Crippen molar-refractivity contribution in [3.05, 3.63) is 0 Å². The van der Waals surface area contributed by atoms with Gasteiger partial charge in [0.15, 0.2) is 0 Å². The Balaban J connectivity index is 0. The summed E-state index contributed by atoms with van der Waals surface area (Å²) in [6.07, 6.45) is 16.6. The van der Waals surface area contributed by atoms with E-state index in [0.29, 0.717) is 19.5 Å². The van der Waals surface area contributed by atoms with Crippen molar-refractivity contribution in [1.29, 1.82) is 0 Å². The van der Waals surface area contributed by atoms with Crippen molar-refractivity contribution in [2.45, 2.75) is 118 Å². The second-order valence-corrected chi connectivity index (χ2v) is 8.09. The predicted molar refractivity (Wildman–Crippen MR) is 111 cm³/mol. The van der Waals surface area contributed by atoms with Crippen LogP contribution in [0.4, 0.5) is 0 Å². The summed E-state index contributed by atoms with van der Waals surface area (Å²) in [6, 6.07) is 0. The van der Waals surface area contributed by atoms with Crippen LogP contribution in [0.15, 0.2) is 0 Å². The van der Waals surface area contributed by atoms with Crippen molar-refractivity contribution in [1.82, 2.24) is 4.90 Å². The molecule has 0 aromatic rings. The van der Waals surface area contributed by atoms with Crippen LogP contribution in [0.2, 0.25) is 0 Å². The SMILES string of the molecule is CCCCCCCCCCCCCCCC(C)(C(=O)[O-])C(=O)N(CC)CC.[K+]. The molecule has 0 rings (SSSR count). The molecule has 0 aromatic carbocycles. The van der Waals surface area contributed by atoms with Gasteiger partial charge in [-0.05, 0) is 27.2 Å². The van der Waals surface area contributed by atoms with Gasteiger partial charge < -0.3 is 14.8 Å². The normalized spacial score (nSPS) is 12.9. The van der Waals surface area contributed by atoms with Gasteiger partial charge in [-0.25, -0.2) is 0 Å². The minimum absolute atomic E-state index is 0. The van der Waals surface area contributed by atoms with Crippen molar-refractivity contribution in [3.63, 3.8) is 0 Å². The number of carboxylic acid groups (broad SMARTS) is 1. The first-order valence-electron chi connectivity index (χ1n) is 11.4. The van der Waals surface area contributed by atoms with Crippen molar-refractivity contribution in [2.75, 3.05) is 13.1 Å². The van der Waals surface area contributed by atoms with Gasteiger partial charge in [-0.3, -0.25) is 4.79 Å². The average Bonchev–Trinajstić information content (AvgIpc) is 2.65. The zero-order valence-electron chi connectivity index (χ0n) is 19.5. The minimum atomic E-state index is -1.39. The van der Waals surface area contributed by atoms with Crippen LogP contribution in [0.1, 0.15) is 118 Å². The third-order valence-electron chi connectivity index (χ3n) is 5.75. The Morgan fingerprint density at radius 2 is 1.07 bits per heavy atom. The molecular formula is C23H44KNO3. The first-order chi connectivity index (χ1) is 12.9. The number of aliphatic carboxylic acids is 1. The van der Waals surface area contributed by atoms with Gasteiger partial charge in [-0.15, -0.1) is 0 Å². The van der Waals surface area contributed by atoms with E-state index in [2.05, 4.69) is 6.92 Å². The first kappa shape index (κ1) is 30.8. The van der Waals surface area contributed by atoms with Gasteiger partial charge >= 0.3 is 51.4 Å². The molecule has 1 atom stereocenters. The molecule has 5 heteroatoms. The van der Waals surface area contributed by atoms with E-state index < -0.39 is 11.4 Å². The minimum Gasteiger partial charge on any atom is -0.549 e. The Morgan fingerprint density at radius 1 is 0.714 bits per heavy atom. The van der Waals surface area contributed by atoms with Gasteiger partial charge in [0.2, 0.25) is 5.91 Å². The fourth-order valence-corrected chi connectivity index (χ4v) is 3.65. The molecule has 0 aliphatic heterocycles. The second-order valence-electron chi connectivity index (χ2n) is 8.09. The van der Waals surface area contributed by atoms with E-state index in [0.717, 1.165) is 19.3 Å². The Morgan fingerprint density at radius 3 is 1.39 bits per heavy atom. The summed E-state index contributed by atoms with van der Waals surface area (Å²) in [5.74, 6) is -1.54. The van der Waals surface area contributed by atoms with Crippen LogP contribution in [-0.4, -0.2) is 29.9 Å². The predicted octanol–water partition coefficient (Wildman–Crippen LogP) is 2.10. The largest absolute Gasteiger partial charge is 1.00 e. The van der Waals surface area contributed by atoms with Crippen LogP contribution in [0, 0.1) is 5.41 Å². The van der Waals surface area contributed by atoms with Gasteiger partial charge in [-0.2, -0.15) is 0 Å². The molecular weight excluding hydrogens is 377 g/mol. The number of unbranched alkanes of at least 4 members (excludes halogenated alkanes) is 12. The van der Waals surface area contributed by atoms with Gasteiger partial charge in [0, 0.05) is 13.1 Å². The first-order valence-corrected chi connectivity index (χ1v) is 11.4. The van der Waals surface area contributed by atoms with E-state index in [-0.39, 0.29) is 57.3 Å². The molecule has 0 spiro atoms. The Kier molecular flexibility index (Phi) is 21.5. The van der Waals surface area contributed by atoms with Crippen LogP contribution in [0.5, 0.6) is 0 Å². The molecule has 0 aromatic heterocycles. The number of carbonyl (C=O) groups excluding carboxylic acids is 2. The standard InChI is InChI=1S/C23H45NO3.K/c1-5-8-9-10-11-12-13-14-15-16-17-18-19-20-23(4,22(26)27)21(25)24(6-2)7-3;/h5-20H2,1-4H3,(H,26,27);/q;+1/p-1. The number of carbonyl (C=O) groups is 2. The van der Waals surface area contributed by atoms with E-state index in [9.17, 15) is 14.7 Å². The van der Waals surface area contributed by atoms with Gasteiger partial charge in [0.05, 0.1) is 11.4 Å². The molecule has 0 saturated carbocycles. The quantitative estimate of drug-likeness (QED) is 0.193. The molecule has 160 valence electrons. The van der Waals surface area contributed by atoms with Crippen LogP contribution in [0.3, 0.4) is 0 Å². The number of carboxylic acids is 1. The average molecular weight is 422 g/mol. The topological polar surface area (TPSA) is 60.4 Å². The maximum absolute atomic E-state index is 12.5. The fourth-order valence-electron chi connectivity index (χ4n) is 3.65. The van der Waals surface area contributed by atoms with Crippen molar-refractivity contribution in [2.24, 2.45) is 5.41 Å². The van der Waals surface area contributed by atoms with Crippen molar-refractivity contribution >= 4 is 11.9 Å². The monoisotopic (exact) mass is 421 g/mol. The zero-order chi connectivity index (χ0) is 20.5. The van der Waals surface area contributed by atoms with E-state index in [1.807, 2.05) is 13.8 Å². The van der Waals surface area contributed by atoms with Crippen LogP contribution in [0.25, 0.3) is 0 Å². The maximum atomic E-state index is 12.5. The molecule has 0 aliphatic rings. The third kappa shape index (κ3) is 13.0. The maximum Gasteiger partial charge on any atom is 1.00 e. The summed E-state index contributed by atoms with van der Waals surface area (Å²) >= 11 is 0. The summed E-state index contributed by atoms with van der Waals surface area (Å²) in [5.41, 5.74) is -1.39. The van der Waals surface area contributed by atoms with Crippen molar-refractivity contribution < 1.29 is 66.1 Å². The summed E-state index contributed by atoms with van der Waals surface area (Å²) in [5, 5.41) is 11.6. The number of hydrogen-bond acceptors (Lipinski definition) is 3. The molecule has 0 heterocycles. The van der Waals surface area contributed by atoms with Crippen molar-refractivity contribution in [3.8, 4) is 0 Å². The van der Waals surface area contributed by atoms with E-state index >= 15 is 0 Å². The van der Waals surface area contributed by atoms with Crippen LogP contribution >= 0.6 is 0 Å². The molecule has 0 radical (unpaired) electrons. The molecule has 0 aliphatic carbocycles. The molecule has 28 heavy (non-hydrogen) atoms. The molecule has 0 N–H and O–H groups in total. The van der Waals surface area contributed by atoms with E-state index in [4.69, 9.17) is 0 Å². The van der Waals surface area contributed by atoms with E-state index in [1.54, 1.807) is 4.90 Å². The number of amides is 1. The Labute approximate surface area is 217 Å². The third-order valence-corrected chi connectivity index (χ3v) is 5.75. The smallest absolute Gasteiger partial charge is 0.549 e. The summed E-state index contributed by atoms with van der Waals surface area (Å²) in [6.45, 7) is 8.61. The summed E-state index contributed by atoms with van der Waals surface area (Å²) in [7, 11) is 0. The Bertz CT molecular complexity index is 399. The summed E-state index contributed by atoms with van der Waals surface area (Å²) in [4.78, 5) is 25.7. The van der Waals surface area contributed by atoms with Gasteiger partial charge in [0.25, 0.3) is 0 Å². The van der Waals surface area contributed by atoms with Gasteiger partial charge in [-0.1, -0.05) is 90.4 Å². The molecule has 0 bridgehead atoms. The van der Waals surface area contributed by atoms with Crippen LogP contribution in [-0.2, 0) is 9.59 Å². The number of hydrogen-bond donors (Lipinski definition) is 0. The number of rotatable bonds is 18. The fraction of sp³-hybridized carbons (Fsp3) is 0.913. The summed E-state index contributed by atoms with van der Waals surface area (Å²) < 4.78 is 0.